The van der Waals surface area contributed by atoms with Gasteiger partial charge in [-0.25, -0.2) is 9.59 Å². The molecule has 38 heavy (non-hydrogen) atoms. The van der Waals surface area contributed by atoms with Crippen molar-refractivity contribution in [1.82, 2.24) is 0 Å². The van der Waals surface area contributed by atoms with Gasteiger partial charge in [-0.2, -0.15) is 0 Å². The van der Waals surface area contributed by atoms with E-state index in [9.17, 15) is 14.4 Å². The Morgan fingerprint density at radius 2 is 0.842 bits per heavy atom. The van der Waals surface area contributed by atoms with Crippen molar-refractivity contribution < 1.29 is 23.9 Å². The third-order valence-corrected chi connectivity index (χ3v) is 7.62. The molecule has 192 valence electrons. The van der Waals surface area contributed by atoms with Gasteiger partial charge in [0, 0.05) is 0 Å². The van der Waals surface area contributed by atoms with Crippen molar-refractivity contribution in [1.29, 1.82) is 0 Å². The van der Waals surface area contributed by atoms with Crippen molar-refractivity contribution in [3.05, 3.63) is 125 Å². The topological polar surface area (TPSA) is 69.7 Å². The number of hydrogen-bond donors (Lipinski definition) is 0. The fraction of sp³-hybridized carbons (Fsp3) is 0. The van der Waals surface area contributed by atoms with Crippen molar-refractivity contribution in [2.45, 2.75) is 0 Å². The molecule has 0 aliphatic heterocycles. The van der Waals surface area contributed by atoms with Gasteiger partial charge in [-0.1, -0.05) is 106 Å². The molecule has 0 aromatic heterocycles. The average molecular weight is 629 g/mol. The minimum Gasteiger partial charge on any atom is -0.420 e. The van der Waals surface area contributed by atoms with Gasteiger partial charge in [0.15, 0.2) is 11.5 Å². The van der Waals surface area contributed by atoms with Gasteiger partial charge in [-0.05, 0) is 36.4 Å². The smallest absolute Gasteiger partial charge is 0.343 e. The van der Waals surface area contributed by atoms with Crippen molar-refractivity contribution in [2.75, 3.05) is 0 Å². The fourth-order valence-electron chi connectivity index (χ4n) is 3.29. The molecule has 0 atom stereocenters. The lowest BCUT2D eigenvalue weighted by Gasteiger charge is -2.17. The number of carbonyl (C=O) groups is 3. The summed E-state index contributed by atoms with van der Waals surface area (Å²) < 4.78 is 11.0. The van der Waals surface area contributed by atoms with Crippen LogP contribution in [0.4, 0.5) is 0 Å². The molecule has 0 aliphatic carbocycles. The van der Waals surface area contributed by atoms with Gasteiger partial charge in [0.25, 0.3) is 0 Å². The van der Waals surface area contributed by atoms with Crippen LogP contribution in [0.1, 0.15) is 36.6 Å². The highest BCUT2D eigenvalue weighted by Crippen LogP contribution is 2.45. The number of rotatable bonds is 6. The van der Waals surface area contributed by atoms with E-state index >= 15 is 0 Å². The standard InChI is InChI=1S/C27H12Cl6O5/c28-17-11-15(24(21(32)19(17)30)37-26(35)13-7-3-1-4-8-13)23(34)16-12-18(29)20(31)22(33)25(16)38-27(36)14-9-5-2-6-10-14/h1-12H. The van der Waals surface area contributed by atoms with Gasteiger partial charge < -0.3 is 9.47 Å². The summed E-state index contributed by atoms with van der Waals surface area (Å²) in [6, 6.07) is 18.3. The second-order valence-electron chi connectivity index (χ2n) is 7.57. The van der Waals surface area contributed by atoms with Crippen LogP contribution in [-0.2, 0) is 0 Å². The highest BCUT2D eigenvalue weighted by molar-refractivity contribution is 6.50. The van der Waals surface area contributed by atoms with E-state index in [1.54, 1.807) is 36.4 Å². The van der Waals surface area contributed by atoms with E-state index in [1.165, 1.54) is 24.3 Å². The van der Waals surface area contributed by atoms with Gasteiger partial charge in [-0.15, -0.1) is 0 Å². The molecule has 0 heterocycles. The normalized spacial score (nSPS) is 10.7. The Morgan fingerprint density at radius 3 is 1.18 bits per heavy atom. The van der Waals surface area contributed by atoms with Crippen molar-refractivity contribution in [3.63, 3.8) is 0 Å². The number of ketones is 1. The fourth-order valence-corrected chi connectivity index (χ4v) is 4.56. The van der Waals surface area contributed by atoms with Gasteiger partial charge >= 0.3 is 11.9 Å². The van der Waals surface area contributed by atoms with Crippen LogP contribution in [0.15, 0.2) is 72.8 Å². The first-order valence-electron chi connectivity index (χ1n) is 10.5. The summed E-state index contributed by atoms with van der Waals surface area (Å²) in [5, 5.41) is -1.09. The van der Waals surface area contributed by atoms with E-state index in [-0.39, 0.29) is 63.9 Å². The maximum atomic E-state index is 13.9. The zero-order chi connectivity index (χ0) is 27.6. The molecule has 0 saturated heterocycles. The molecule has 0 N–H and O–H groups in total. The lowest BCUT2D eigenvalue weighted by atomic mass is 10.0. The van der Waals surface area contributed by atoms with Crippen LogP contribution in [0.25, 0.3) is 0 Å². The Kier molecular flexibility index (Phi) is 8.89. The molecule has 0 fully saturated rings. The van der Waals surface area contributed by atoms with E-state index in [4.69, 9.17) is 79.1 Å². The quantitative estimate of drug-likeness (QED) is 0.0921. The molecule has 11 heteroatoms. The molecular weight excluding hydrogens is 617 g/mol. The number of hydrogen-bond acceptors (Lipinski definition) is 5. The highest BCUT2D eigenvalue weighted by Gasteiger charge is 2.30. The van der Waals surface area contributed by atoms with Crippen LogP contribution in [-0.4, -0.2) is 17.7 Å². The number of ether oxygens (including phenoxy) is 2. The first-order valence-corrected chi connectivity index (χ1v) is 12.8. The molecule has 0 bridgehead atoms. The molecule has 4 aromatic carbocycles. The predicted octanol–water partition coefficient (Wildman–Crippen LogP) is 9.28. The third kappa shape index (κ3) is 5.79. The van der Waals surface area contributed by atoms with Gasteiger partial charge in [-0.3, -0.25) is 4.79 Å². The van der Waals surface area contributed by atoms with Crippen LogP contribution < -0.4 is 9.47 Å². The van der Waals surface area contributed by atoms with E-state index in [0.29, 0.717) is 0 Å². The number of halogens is 6. The molecule has 0 aliphatic rings. The van der Waals surface area contributed by atoms with Crippen molar-refractivity contribution in [2.24, 2.45) is 0 Å². The summed E-state index contributed by atoms with van der Waals surface area (Å²) >= 11 is 37.5. The lowest BCUT2D eigenvalue weighted by molar-refractivity contribution is 0.0726. The van der Waals surface area contributed by atoms with E-state index in [1.807, 2.05) is 0 Å². The monoisotopic (exact) mass is 626 g/mol. The van der Waals surface area contributed by atoms with Gasteiger partial charge in [0.05, 0.1) is 42.3 Å². The molecular formula is C27H12Cl6O5. The second-order valence-corrected chi connectivity index (χ2v) is 9.89. The van der Waals surface area contributed by atoms with E-state index < -0.39 is 17.7 Å². The zero-order valence-corrected chi connectivity index (χ0v) is 23.3. The Balaban J connectivity index is 1.84. The summed E-state index contributed by atoms with van der Waals surface area (Å²) in [6.07, 6.45) is 0. The Hall–Kier alpha value is -2.77. The average Bonchev–Trinajstić information content (AvgIpc) is 2.93. The first-order chi connectivity index (χ1) is 18.1. The van der Waals surface area contributed by atoms with E-state index in [2.05, 4.69) is 0 Å². The molecule has 0 spiro atoms. The SMILES string of the molecule is O=C(Oc1c(C(=O)c2cc(Cl)c(Cl)c(Cl)c2OC(=O)c2ccccc2)cc(Cl)c(Cl)c1Cl)c1ccccc1. The maximum Gasteiger partial charge on any atom is 0.343 e. The lowest BCUT2D eigenvalue weighted by Crippen LogP contribution is -2.15. The van der Waals surface area contributed by atoms with Crippen molar-refractivity contribution >= 4 is 87.3 Å². The Labute approximate surface area is 246 Å². The molecule has 4 rings (SSSR count). The Morgan fingerprint density at radius 1 is 0.500 bits per heavy atom. The summed E-state index contributed by atoms with van der Waals surface area (Å²) in [5.74, 6) is -3.23. The largest absolute Gasteiger partial charge is 0.420 e. The van der Waals surface area contributed by atoms with Crippen LogP contribution >= 0.6 is 69.6 Å². The third-order valence-electron chi connectivity index (χ3n) is 5.13. The van der Waals surface area contributed by atoms with E-state index in [0.717, 1.165) is 12.1 Å². The number of carbonyl (C=O) groups excluding carboxylic acids is 3. The summed E-state index contributed by atoms with van der Waals surface area (Å²) in [7, 11) is 0. The maximum absolute atomic E-state index is 13.9. The molecule has 0 unspecified atom stereocenters. The molecule has 5 nitrogen and oxygen atoms in total. The first kappa shape index (κ1) is 28.2. The minimum absolute atomic E-state index is 0.103. The summed E-state index contributed by atoms with van der Waals surface area (Å²) in [5.41, 5.74) is -0.188. The Bertz CT molecular complexity index is 1460. The summed E-state index contributed by atoms with van der Waals surface area (Å²) in [4.78, 5) is 39.4. The zero-order valence-electron chi connectivity index (χ0n) is 18.7. The van der Waals surface area contributed by atoms with Gasteiger partial charge in [0.2, 0.25) is 5.78 Å². The highest BCUT2D eigenvalue weighted by atomic mass is 35.5. The summed E-state index contributed by atoms with van der Waals surface area (Å²) in [6.45, 7) is 0. The molecule has 0 radical (unpaired) electrons. The van der Waals surface area contributed by atoms with Crippen molar-refractivity contribution in [3.8, 4) is 11.5 Å². The molecule has 4 aromatic rings. The van der Waals surface area contributed by atoms with Crippen LogP contribution in [0.2, 0.25) is 30.1 Å². The van der Waals surface area contributed by atoms with Crippen LogP contribution in [0.5, 0.6) is 11.5 Å². The number of benzene rings is 4. The predicted molar refractivity (Wildman–Crippen MR) is 149 cm³/mol. The van der Waals surface area contributed by atoms with Gasteiger partial charge in [0.1, 0.15) is 10.0 Å². The number of esters is 2. The minimum atomic E-state index is -0.849. The van der Waals surface area contributed by atoms with Crippen LogP contribution in [0.3, 0.4) is 0 Å². The molecule has 0 amide bonds. The second kappa shape index (κ2) is 12.0. The van der Waals surface area contributed by atoms with Crippen LogP contribution in [0, 0.1) is 0 Å². The molecule has 0 saturated carbocycles.